The van der Waals surface area contributed by atoms with Crippen molar-refractivity contribution >= 4 is 11.3 Å². The van der Waals surface area contributed by atoms with Crippen molar-refractivity contribution in [2.45, 2.75) is 71.4 Å². The van der Waals surface area contributed by atoms with E-state index >= 15 is 0 Å². The lowest BCUT2D eigenvalue weighted by Crippen LogP contribution is -2.36. The van der Waals surface area contributed by atoms with Gasteiger partial charge in [-0.25, -0.2) is 4.98 Å². The summed E-state index contributed by atoms with van der Waals surface area (Å²) in [6, 6.07) is 0. The van der Waals surface area contributed by atoms with Crippen LogP contribution in [0, 0.1) is 0 Å². The maximum atomic E-state index is 6.43. The van der Waals surface area contributed by atoms with E-state index in [-0.39, 0.29) is 11.1 Å². The average molecular weight is 284 g/mol. The summed E-state index contributed by atoms with van der Waals surface area (Å²) in [6.45, 7) is 11.3. The molecule has 4 heteroatoms. The standard InChI is InChI=1S/C15H28N2OS/c1-6-14(16,7-2)12-11-19-13(17-12)15(8-3,9-4)18-10-5/h11H,6-10,16H2,1-5H3. The van der Waals surface area contributed by atoms with Crippen LogP contribution in [0.4, 0.5) is 0 Å². The monoisotopic (exact) mass is 284 g/mol. The molecule has 0 amide bonds. The molecule has 3 nitrogen and oxygen atoms in total. The van der Waals surface area contributed by atoms with E-state index in [4.69, 9.17) is 15.5 Å². The lowest BCUT2D eigenvalue weighted by atomic mass is 9.91. The van der Waals surface area contributed by atoms with Gasteiger partial charge >= 0.3 is 0 Å². The Morgan fingerprint density at radius 1 is 1.11 bits per heavy atom. The molecular weight excluding hydrogens is 256 g/mol. The van der Waals surface area contributed by atoms with Crippen LogP contribution in [0.15, 0.2) is 5.38 Å². The summed E-state index contributed by atoms with van der Waals surface area (Å²) in [6.07, 6.45) is 3.71. The first kappa shape index (κ1) is 16.6. The summed E-state index contributed by atoms with van der Waals surface area (Å²) in [5.74, 6) is 0. The number of thiazole rings is 1. The molecule has 1 aromatic rings. The van der Waals surface area contributed by atoms with Gasteiger partial charge in [0.05, 0.1) is 11.2 Å². The third-order valence-corrected chi connectivity index (χ3v) is 5.26. The Balaban J connectivity index is 3.12. The minimum absolute atomic E-state index is 0.236. The highest BCUT2D eigenvalue weighted by Gasteiger charge is 2.34. The smallest absolute Gasteiger partial charge is 0.125 e. The quantitative estimate of drug-likeness (QED) is 0.779. The van der Waals surface area contributed by atoms with Gasteiger partial charge in [-0.3, -0.25) is 0 Å². The molecule has 0 saturated carbocycles. The lowest BCUT2D eigenvalue weighted by molar-refractivity contribution is -0.0508. The molecule has 1 rings (SSSR count). The van der Waals surface area contributed by atoms with Gasteiger partial charge in [-0.1, -0.05) is 27.7 Å². The fraction of sp³-hybridized carbons (Fsp3) is 0.800. The van der Waals surface area contributed by atoms with Crippen molar-refractivity contribution in [3.05, 3.63) is 16.1 Å². The fourth-order valence-corrected chi connectivity index (χ4v) is 3.64. The van der Waals surface area contributed by atoms with Crippen LogP contribution in [0.2, 0.25) is 0 Å². The highest BCUT2D eigenvalue weighted by Crippen LogP contribution is 2.37. The number of hydrogen-bond acceptors (Lipinski definition) is 4. The number of ether oxygens (including phenoxy) is 1. The van der Waals surface area contributed by atoms with Crippen molar-refractivity contribution in [2.75, 3.05) is 6.61 Å². The van der Waals surface area contributed by atoms with Gasteiger partial charge < -0.3 is 10.5 Å². The Kier molecular flexibility index (Phi) is 5.96. The van der Waals surface area contributed by atoms with Crippen LogP contribution in [0.25, 0.3) is 0 Å². The lowest BCUT2D eigenvalue weighted by Gasteiger charge is -2.30. The third kappa shape index (κ3) is 3.18. The molecule has 0 atom stereocenters. The molecule has 1 heterocycles. The van der Waals surface area contributed by atoms with Crippen LogP contribution < -0.4 is 5.73 Å². The van der Waals surface area contributed by atoms with E-state index < -0.39 is 0 Å². The average Bonchev–Trinajstić information content (AvgIpc) is 2.95. The predicted molar refractivity (Wildman–Crippen MR) is 82.4 cm³/mol. The molecule has 0 bridgehead atoms. The minimum Gasteiger partial charge on any atom is -0.368 e. The van der Waals surface area contributed by atoms with Crippen LogP contribution in [0.1, 0.15) is 71.0 Å². The molecule has 0 unspecified atom stereocenters. The van der Waals surface area contributed by atoms with E-state index in [1.807, 2.05) is 6.92 Å². The van der Waals surface area contributed by atoms with Gasteiger partial charge in [-0.2, -0.15) is 0 Å². The van der Waals surface area contributed by atoms with Gasteiger partial charge in [0.1, 0.15) is 10.6 Å². The van der Waals surface area contributed by atoms with E-state index in [1.54, 1.807) is 11.3 Å². The first-order valence-electron chi connectivity index (χ1n) is 7.41. The Hall–Kier alpha value is -0.450. The molecule has 0 radical (unpaired) electrons. The Labute approximate surface area is 121 Å². The molecular formula is C15H28N2OS. The molecule has 0 saturated heterocycles. The Bertz CT molecular complexity index is 381. The maximum absolute atomic E-state index is 6.43. The van der Waals surface area contributed by atoms with Crippen molar-refractivity contribution in [3.63, 3.8) is 0 Å². The minimum atomic E-state index is -0.297. The third-order valence-electron chi connectivity index (χ3n) is 4.23. The van der Waals surface area contributed by atoms with Crippen molar-refractivity contribution in [1.29, 1.82) is 0 Å². The van der Waals surface area contributed by atoms with E-state index in [2.05, 4.69) is 33.1 Å². The van der Waals surface area contributed by atoms with Gasteiger partial charge in [-0.15, -0.1) is 11.3 Å². The largest absolute Gasteiger partial charge is 0.368 e. The van der Waals surface area contributed by atoms with Gasteiger partial charge in [0.15, 0.2) is 0 Å². The van der Waals surface area contributed by atoms with Crippen molar-refractivity contribution in [2.24, 2.45) is 5.73 Å². The molecule has 1 aromatic heterocycles. The molecule has 0 aliphatic heterocycles. The zero-order valence-corrected chi connectivity index (χ0v) is 13.8. The SMILES string of the molecule is CCOC(CC)(CC)c1nc(C(N)(CC)CC)cs1. The summed E-state index contributed by atoms with van der Waals surface area (Å²) in [7, 11) is 0. The summed E-state index contributed by atoms with van der Waals surface area (Å²) in [5.41, 5.74) is 6.92. The normalized spacial score (nSPS) is 12.9. The second kappa shape index (κ2) is 6.82. The second-order valence-electron chi connectivity index (χ2n) is 5.04. The maximum Gasteiger partial charge on any atom is 0.125 e. The molecule has 19 heavy (non-hydrogen) atoms. The fourth-order valence-electron chi connectivity index (χ4n) is 2.42. The van der Waals surface area contributed by atoms with Gasteiger partial charge in [0, 0.05) is 12.0 Å². The van der Waals surface area contributed by atoms with Crippen LogP contribution in [-0.4, -0.2) is 11.6 Å². The number of nitrogens with zero attached hydrogens (tertiary/aromatic N) is 1. The van der Waals surface area contributed by atoms with Crippen molar-refractivity contribution in [1.82, 2.24) is 4.98 Å². The molecule has 0 spiro atoms. The summed E-state index contributed by atoms with van der Waals surface area (Å²) in [5, 5.41) is 3.19. The first-order valence-corrected chi connectivity index (χ1v) is 8.29. The van der Waals surface area contributed by atoms with Gasteiger partial charge in [-0.05, 0) is 32.6 Å². The Morgan fingerprint density at radius 3 is 2.11 bits per heavy atom. The van der Waals surface area contributed by atoms with Crippen LogP contribution >= 0.6 is 11.3 Å². The van der Waals surface area contributed by atoms with Crippen molar-refractivity contribution in [3.8, 4) is 0 Å². The number of nitrogens with two attached hydrogens (primary N) is 1. The van der Waals surface area contributed by atoms with Gasteiger partial charge in [0.2, 0.25) is 0 Å². The summed E-state index contributed by atoms with van der Waals surface area (Å²) < 4.78 is 6.01. The zero-order chi connectivity index (χ0) is 14.5. The molecule has 0 aromatic carbocycles. The topological polar surface area (TPSA) is 48.1 Å². The summed E-state index contributed by atoms with van der Waals surface area (Å²) in [4.78, 5) is 4.83. The number of rotatable bonds is 8. The van der Waals surface area contributed by atoms with E-state index in [9.17, 15) is 0 Å². The van der Waals surface area contributed by atoms with E-state index in [0.29, 0.717) is 6.61 Å². The first-order chi connectivity index (χ1) is 9.01. The molecule has 0 aliphatic rings. The van der Waals surface area contributed by atoms with Crippen LogP contribution in [-0.2, 0) is 15.9 Å². The molecule has 2 N–H and O–H groups in total. The number of hydrogen-bond donors (Lipinski definition) is 1. The predicted octanol–water partition coefficient (Wildman–Crippen LogP) is 4.17. The number of aromatic nitrogens is 1. The highest BCUT2D eigenvalue weighted by atomic mass is 32.1. The summed E-state index contributed by atoms with van der Waals surface area (Å²) >= 11 is 1.69. The molecule has 0 aliphatic carbocycles. The van der Waals surface area contributed by atoms with Crippen molar-refractivity contribution < 1.29 is 4.74 Å². The van der Waals surface area contributed by atoms with E-state index in [1.165, 1.54) is 0 Å². The van der Waals surface area contributed by atoms with E-state index in [0.717, 1.165) is 36.4 Å². The molecule has 0 fully saturated rings. The zero-order valence-electron chi connectivity index (χ0n) is 13.0. The van der Waals surface area contributed by atoms with Crippen LogP contribution in [0.5, 0.6) is 0 Å². The van der Waals surface area contributed by atoms with Gasteiger partial charge in [0.25, 0.3) is 0 Å². The second-order valence-corrected chi connectivity index (χ2v) is 5.89. The van der Waals surface area contributed by atoms with Crippen LogP contribution in [0.3, 0.4) is 0 Å². The molecule has 110 valence electrons. The Morgan fingerprint density at radius 2 is 1.68 bits per heavy atom. The highest BCUT2D eigenvalue weighted by molar-refractivity contribution is 7.09.